The van der Waals surface area contributed by atoms with Crippen molar-refractivity contribution in [3.05, 3.63) is 45.9 Å². The molecular formula is C19H25N3OS2. The number of hydrogen-bond donors (Lipinski definition) is 1. The predicted octanol–water partition coefficient (Wildman–Crippen LogP) is 3.96. The van der Waals surface area contributed by atoms with Gasteiger partial charge >= 0.3 is 0 Å². The van der Waals surface area contributed by atoms with E-state index in [-0.39, 0.29) is 5.91 Å². The van der Waals surface area contributed by atoms with Crippen LogP contribution in [0.4, 0.5) is 0 Å². The van der Waals surface area contributed by atoms with Crippen molar-refractivity contribution in [2.75, 3.05) is 26.2 Å². The Morgan fingerprint density at radius 2 is 2.00 bits per heavy atom. The van der Waals surface area contributed by atoms with Crippen molar-refractivity contribution in [1.29, 1.82) is 0 Å². The van der Waals surface area contributed by atoms with E-state index in [2.05, 4.69) is 20.6 Å². The number of aromatic nitrogens is 1. The summed E-state index contributed by atoms with van der Waals surface area (Å²) in [6, 6.07) is 7.85. The number of amides is 1. The molecule has 0 aliphatic carbocycles. The molecule has 0 radical (unpaired) electrons. The van der Waals surface area contributed by atoms with Crippen LogP contribution in [0.15, 0.2) is 34.5 Å². The summed E-state index contributed by atoms with van der Waals surface area (Å²) in [5.74, 6) is 0.884. The number of rotatable bonds is 7. The van der Waals surface area contributed by atoms with Crippen LogP contribution in [-0.2, 0) is 5.75 Å². The maximum absolute atomic E-state index is 12.2. The molecule has 0 bridgehead atoms. The van der Waals surface area contributed by atoms with Gasteiger partial charge in [-0.1, -0.05) is 6.42 Å². The topological polar surface area (TPSA) is 45.2 Å². The van der Waals surface area contributed by atoms with Crippen molar-refractivity contribution in [2.24, 2.45) is 0 Å². The number of nitrogens with one attached hydrogen (secondary N) is 1. The average molecular weight is 376 g/mol. The molecule has 1 aromatic carbocycles. The van der Waals surface area contributed by atoms with E-state index >= 15 is 0 Å². The number of nitrogens with zero attached hydrogens (tertiary/aromatic N) is 2. The largest absolute Gasteiger partial charge is 0.351 e. The van der Waals surface area contributed by atoms with E-state index in [1.807, 2.05) is 31.2 Å². The summed E-state index contributed by atoms with van der Waals surface area (Å²) in [7, 11) is 0. The Morgan fingerprint density at radius 1 is 1.24 bits per heavy atom. The van der Waals surface area contributed by atoms with E-state index in [4.69, 9.17) is 0 Å². The van der Waals surface area contributed by atoms with Gasteiger partial charge in [-0.15, -0.1) is 23.1 Å². The number of hydrogen-bond acceptors (Lipinski definition) is 5. The van der Waals surface area contributed by atoms with Crippen LogP contribution in [0.1, 0.15) is 40.3 Å². The van der Waals surface area contributed by atoms with Crippen molar-refractivity contribution >= 4 is 29.0 Å². The lowest BCUT2D eigenvalue weighted by molar-refractivity contribution is 0.0946. The summed E-state index contributed by atoms with van der Waals surface area (Å²) < 4.78 is 0. The number of likely N-dealkylation sites (tertiary alicyclic amines) is 1. The van der Waals surface area contributed by atoms with E-state index in [9.17, 15) is 4.79 Å². The Balaban J connectivity index is 1.42. The number of carbonyl (C=O) groups excluding carboxylic acids is 1. The minimum Gasteiger partial charge on any atom is -0.351 e. The minimum atomic E-state index is 0.0173. The highest BCUT2D eigenvalue weighted by Gasteiger charge is 2.10. The molecule has 0 spiro atoms. The van der Waals surface area contributed by atoms with E-state index in [0.29, 0.717) is 0 Å². The summed E-state index contributed by atoms with van der Waals surface area (Å²) in [4.78, 5) is 20.3. The predicted molar refractivity (Wildman–Crippen MR) is 105 cm³/mol. The van der Waals surface area contributed by atoms with Crippen molar-refractivity contribution < 1.29 is 4.79 Å². The number of benzene rings is 1. The third-order valence-electron chi connectivity index (χ3n) is 4.33. The molecule has 1 N–H and O–H groups in total. The fourth-order valence-electron chi connectivity index (χ4n) is 2.95. The molecule has 2 aromatic rings. The van der Waals surface area contributed by atoms with Crippen molar-refractivity contribution in [3.8, 4) is 0 Å². The fraction of sp³-hybridized carbons (Fsp3) is 0.474. The number of piperidine rings is 1. The summed E-state index contributed by atoms with van der Waals surface area (Å²) in [5, 5.41) is 6.24. The molecule has 3 rings (SSSR count). The lowest BCUT2D eigenvalue weighted by atomic mass is 10.1. The number of aryl methyl sites for hydroxylation is 1. The standard InChI is InChI=1S/C19H25N3OS2/c1-15-21-17(13-24-15)14-25-18-7-5-16(6-8-18)19(23)20-9-12-22-10-3-2-4-11-22/h5-8,13H,2-4,9-12,14H2,1H3,(H,20,23). The zero-order chi connectivity index (χ0) is 17.5. The van der Waals surface area contributed by atoms with Crippen LogP contribution in [0.25, 0.3) is 0 Å². The molecule has 6 heteroatoms. The third kappa shape index (κ3) is 5.83. The first-order valence-corrected chi connectivity index (χ1v) is 10.7. The minimum absolute atomic E-state index is 0.0173. The van der Waals surface area contributed by atoms with Gasteiger partial charge in [0.2, 0.25) is 0 Å². The normalized spacial score (nSPS) is 15.2. The second-order valence-electron chi connectivity index (χ2n) is 6.33. The Bertz CT molecular complexity index is 678. The molecule has 134 valence electrons. The van der Waals surface area contributed by atoms with Gasteiger partial charge in [-0.05, 0) is 57.1 Å². The van der Waals surface area contributed by atoms with Gasteiger partial charge in [0, 0.05) is 34.7 Å². The summed E-state index contributed by atoms with van der Waals surface area (Å²) >= 11 is 3.43. The number of thiazole rings is 1. The lowest BCUT2D eigenvalue weighted by Crippen LogP contribution is -2.37. The van der Waals surface area contributed by atoms with Gasteiger partial charge in [0.05, 0.1) is 10.7 Å². The average Bonchev–Trinajstić information content (AvgIpc) is 3.06. The van der Waals surface area contributed by atoms with Crippen LogP contribution < -0.4 is 5.32 Å². The molecule has 25 heavy (non-hydrogen) atoms. The molecule has 4 nitrogen and oxygen atoms in total. The van der Waals surface area contributed by atoms with Gasteiger partial charge < -0.3 is 10.2 Å². The molecular weight excluding hydrogens is 350 g/mol. The van der Waals surface area contributed by atoms with Crippen LogP contribution in [0.3, 0.4) is 0 Å². The van der Waals surface area contributed by atoms with Crippen molar-refractivity contribution in [3.63, 3.8) is 0 Å². The monoisotopic (exact) mass is 375 g/mol. The quantitative estimate of drug-likeness (QED) is 0.744. The zero-order valence-corrected chi connectivity index (χ0v) is 16.3. The van der Waals surface area contributed by atoms with E-state index in [1.165, 1.54) is 32.4 Å². The second-order valence-corrected chi connectivity index (χ2v) is 8.44. The Kier molecular flexibility index (Phi) is 6.90. The van der Waals surface area contributed by atoms with Crippen LogP contribution >= 0.6 is 23.1 Å². The molecule has 0 unspecified atom stereocenters. The Morgan fingerprint density at radius 3 is 2.68 bits per heavy atom. The zero-order valence-electron chi connectivity index (χ0n) is 14.7. The lowest BCUT2D eigenvalue weighted by Gasteiger charge is -2.26. The van der Waals surface area contributed by atoms with Gasteiger partial charge in [0.1, 0.15) is 0 Å². The number of thioether (sulfide) groups is 1. The molecule has 1 aliphatic rings. The highest BCUT2D eigenvalue weighted by atomic mass is 32.2. The number of carbonyl (C=O) groups is 1. The van der Waals surface area contributed by atoms with E-state index in [1.54, 1.807) is 23.1 Å². The van der Waals surface area contributed by atoms with Crippen molar-refractivity contribution in [2.45, 2.75) is 36.8 Å². The third-order valence-corrected chi connectivity index (χ3v) is 6.20. The molecule has 1 aliphatic heterocycles. The van der Waals surface area contributed by atoms with E-state index < -0.39 is 0 Å². The van der Waals surface area contributed by atoms with Gasteiger partial charge in [-0.3, -0.25) is 4.79 Å². The van der Waals surface area contributed by atoms with Gasteiger partial charge in [-0.25, -0.2) is 4.98 Å². The summed E-state index contributed by atoms with van der Waals surface area (Å²) in [6.45, 7) is 6.03. The molecule has 1 saturated heterocycles. The smallest absolute Gasteiger partial charge is 0.251 e. The van der Waals surface area contributed by atoms with Crippen LogP contribution in [-0.4, -0.2) is 42.0 Å². The van der Waals surface area contributed by atoms with Crippen LogP contribution in [0.5, 0.6) is 0 Å². The second kappa shape index (κ2) is 9.36. The molecule has 1 fully saturated rings. The maximum Gasteiger partial charge on any atom is 0.251 e. The molecule has 1 amide bonds. The fourth-order valence-corrected chi connectivity index (χ4v) is 4.46. The summed E-state index contributed by atoms with van der Waals surface area (Å²) in [6.07, 6.45) is 3.91. The first kappa shape index (κ1) is 18.4. The molecule has 1 aromatic heterocycles. The van der Waals surface area contributed by atoms with Gasteiger partial charge in [0.25, 0.3) is 5.91 Å². The van der Waals surface area contributed by atoms with Gasteiger partial charge in [-0.2, -0.15) is 0 Å². The van der Waals surface area contributed by atoms with Crippen molar-refractivity contribution in [1.82, 2.24) is 15.2 Å². The highest BCUT2D eigenvalue weighted by molar-refractivity contribution is 7.98. The molecule has 0 saturated carbocycles. The van der Waals surface area contributed by atoms with Crippen LogP contribution in [0, 0.1) is 6.92 Å². The SMILES string of the molecule is Cc1nc(CSc2ccc(C(=O)NCCN3CCCCC3)cc2)cs1. The maximum atomic E-state index is 12.2. The van der Waals surface area contributed by atoms with E-state index in [0.717, 1.165) is 40.0 Å². The molecule has 0 atom stereocenters. The highest BCUT2D eigenvalue weighted by Crippen LogP contribution is 2.23. The molecule has 2 heterocycles. The summed E-state index contributed by atoms with van der Waals surface area (Å²) in [5.41, 5.74) is 1.85. The Labute approximate surface area is 158 Å². The first-order valence-electron chi connectivity index (χ1n) is 8.85. The Hall–Kier alpha value is -1.37. The van der Waals surface area contributed by atoms with Crippen LogP contribution in [0.2, 0.25) is 0 Å². The van der Waals surface area contributed by atoms with Gasteiger partial charge in [0.15, 0.2) is 0 Å². The first-order chi connectivity index (χ1) is 12.2.